The van der Waals surface area contributed by atoms with E-state index in [9.17, 15) is 0 Å². The van der Waals surface area contributed by atoms with Gasteiger partial charge in [-0.1, -0.05) is 136 Å². The van der Waals surface area contributed by atoms with Gasteiger partial charge in [0.15, 0.2) is 0 Å². The highest BCUT2D eigenvalue weighted by Crippen LogP contribution is 2.21. The monoisotopic (exact) mass is 388 g/mol. The minimum Gasteiger partial charge on any atom is -0.103 e. The Morgan fingerprint density at radius 1 is 0.500 bits per heavy atom. The maximum Gasteiger partial charge on any atom is 0.00886 e. The molecule has 0 aliphatic rings. The molecule has 0 nitrogen and oxygen atoms in total. The van der Waals surface area contributed by atoms with Crippen LogP contribution in [0.15, 0.2) is 0 Å². The summed E-state index contributed by atoms with van der Waals surface area (Å²) in [6, 6.07) is 0. The fraction of sp³-hybridized carbons (Fsp3) is 0.857. The first-order valence-electron chi connectivity index (χ1n) is 12.9. The largest absolute Gasteiger partial charge is 0.103 e. The average Bonchev–Trinajstić information content (AvgIpc) is 2.70. The lowest BCUT2D eigenvalue weighted by Crippen LogP contribution is -1.99. The van der Waals surface area contributed by atoms with E-state index in [0.29, 0.717) is 0 Å². The van der Waals surface area contributed by atoms with E-state index in [4.69, 9.17) is 0 Å². The van der Waals surface area contributed by atoms with Gasteiger partial charge in [-0.3, -0.25) is 0 Å². The molecule has 0 amide bonds. The molecule has 0 bridgehead atoms. The highest BCUT2D eigenvalue weighted by atomic mass is 14.1. The fourth-order valence-electron chi connectivity index (χ4n) is 4.11. The van der Waals surface area contributed by atoms with Crippen molar-refractivity contribution in [2.24, 2.45) is 5.92 Å². The lowest BCUT2D eigenvalue weighted by molar-refractivity contribution is 0.396. The SMILES string of the molecule is [CH2]CCCCCCCCCC#CCCCCCCCCCC(CC[CH2])CCC. The van der Waals surface area contributed by atoms with E-state index in [1.807, 2.05) is 0 Å². The summed E-state index contributed by atoms with van der Waals surface area (Å²) in [6.45, 7) is 10.2. The van der Waals surface area contributed by atoms with Crippen LogP contribution in [-0.4, -0.2) is 0 Å². The normalized spacial score (nSPS) is 11.0. The summed E-state index contributed by atoms with van der Waals surface area (Å²) in [7, 11) is 0. The minimum atomic E-state index is 0.949. The number of hydrogen-bond donors (Lipinski definition) is 0. The van der Waals surface area contributed by atoms with Crippen molar-refractivity contribution in [3.8, 4) is 11.8 Å². The van der Waals surface area contributed by atoms with Crippen molar-refractivity contribution >= 4 is 0 Å². The van der Waals surface area contributed by atoms with E-state index in [2.05, 4.69) is 32.6 Å². The van der Waals surface area contributed by atoms with Crippen LogP contribution in [0.25, 0.3) is 0 Å². The van der Waals surface area contributed by atoms with Gasteiger partial charge in [0.25, 0.3) is 0 Å². The van der Waals surface area contributed by atoms with Gasteiger partial charge >= 0.3 is 0 Å². The van der Waals surface area contributed by atoms with Gasteiger partial charge in [-0.2, -0.15) is 0 Å². The second kappa shape index (κ2) is 24.6. The molecule has 1 atom stereocenters. The van der Waals surface area contributed by atoms with Crippen molar-refractivity contribution in [3.05, 3.63) is 13.8 Å². The van der Waals surface area contributed by atoms with Crippen LogP contribution in [-0.2, 0) is 0 Å². The van der Waals surface area contributed by atoms with Crippen LogP contribution in [0.1, 0.15) is 148 Å². The Hall–Kier alpha value is -0.440. The predicted molar refractivity (Wildman–Crippen MR) is 129 cm³/mol. The average molecular weight is 389 g/mol. The second-order valence-electron chi connectivity index (χ2n) is 8.74. The van der Waals surface area contributed by atoms with E-state index < -0.39 is 0 Å². The summed E-state index contributed by atoms with van der Waals surface area (Å²) in [4.78, 5) is 0. The third kappa shape index (κ3) is 21.9. The van der Waals surface area contributed by atoms with E-state index in [-0.39, 0.29) is 0 Å². The van der Waals surface area contributed by atoms with Crippen LogP contribution in [0.2, 0.25) is 0 Å². The molecule has 0 fully saturated rings. The topological polar surface area (TPSA) is 0 Å². The number of unbranched alkanes of at least 4 members (excludes halogenated alkanes) is 15. The van der Waals surface area contributed by atoms with E-state index in [1.54, 1.807) is 0 Å². The first kappa shape index (κ1) is 27.6. The maximum absolute atomic E-state index is 4.03. The van der Waals surface area contributed by atoms with Crippen molar-refractivity contribution in [2.75, 3.05) is 0 Å². The van der Waals surface area contributed by atoms with Gasteiger partial charge in [-0.05, 0) is 18.8 Å². The molecule has 164 valence electrons. The molecule has 2 radical (unpaired) electrons. The molecule has 0 aromatic carbocycles. The molecular formula is C28H52. The molecule has 0 heterocycles. The van der Waals surface area contributed by atoms with E-state index in [0.717, 1.165) is 31.6 Å². The summed E-state index contributed by atoms with van der Waals surface area (Å²) >= 11 is 0. The van der Waals surface area contributed by atoms with Gasteiger partial charge < -0.3 is 0 Å². The first-order chi connectivity index (χ1) is 13.8. The van der Waals surface area contributed by atoms with Crippen LogP contribution in [0.3, 0.4) is 0 Å². The smallest absolute Gasteiger partial charge is 0.00886 e. The number of rotatable bonds is 21. The zero-order valence-electron chi connectivity index (χ0n) is 19.5. The Bertz CT molecular complexity index is 326. The Labute approximate surface area is 180 Å². The molecule has 0 saturated heterocycles. The van der Waals surface area contributed by atoms with Crippen LogP contribution in [0, 0.1) is 31.6 Å². The molecule has 0 N–H and O–H groups in total. The summed E-state index contributed by atoms with van der Waals surface area (Å²) in [5.74, 6) is 7.72. The van der Waals surface area contributed by atoms with Crippen LogP contribution < -0.4 is 0 Å². The van der Waals surface area contributed by atoms with Gasteiger partial charge in [0, 0.05) is 12.8 Å². The second-order valence-corrected chi connectivity index (χ2v) is 8.74. The molecule has 0 aromatic rings. The number of hydrogen-bond acceptors (Lipinski definition) is 0. The molecule has 0 heteroatoms. The van der Waals surface area contributed by atoms with Gasteiger partial charge in [0.05, 0.1) is 0 Å². The standard InChI is InChI=1S/C28H52/c1-4-7-8-9-10-11-12-13-14-15-16-17-18-19-20-21-22-23-24-27-28(25-5-2)26-6-3/h28H,1-2,4-14,17-27H2,3H3. The van der Waals surface area contributed by atoms with Gasteiger partial charge in [0.2, 0.25) is 0 Å². The van der Waals surface area contributed by atoms with Crippen LogP contribution >= 0.6 is 0 Å². The van der Waals surface area contributed by atoms with Crippen molar-refractivity contribution in [3.63, 3.8) is 0 Å². The summed E-state index contributed by atoms with van der Waals surface area (Å²) in [5, 5.41) is 0. The molecule has 0 saturated carbocycles. The predicted octanol–water partition coefficient (Wildman–Crippen LogP) is 9.88. The summed E-state index contributed by atoms with van der Waals surface area (Å²) in [5.41, 5.74) is 0. The Morgan fingerprint density at radius 2 is 0.964 bits per heavy atom. The molecule has 0 aromatic heterocycles. The zero-order valence-corrected chi connectivity index (χ0v) is 19.5. The molecule has 0 spiro atoms. The maximum atomic E-state index is 4.03. The minimum absolute atomic E-state index is 0.949. The fourth-order valence-corrected chi connectivity index (χ4v) is 4.11. The van der Waals surface area contributed by atoms with E-state index in [1.165, 1.54) is 116 Å². The van der Waals surface area contributed by atoms with Gasteiger partial charge in [-0.15, -0.1) is 11.8 Å². The third-order valence-electron chi connectivity index (χ3n) is 5.90. The third-order valence-corrected chi connectivity index (χ3v) is 5.90. The molecule has 28 heavy (non-hydrogen) atoms. The molecule has 0 aliphatic heterocycles. The molecule has 1 unspecified atom stereocenters. The molecule has 0 aliphatic carbocycles. The van der Waals surface area contributed by atoms with Crippen LogP contribution in [0.5, 0.6) is 0 Å². The van der Waals surface area contributed by atoms with Crippen molar-refractivity contribution in [1.82, 2.24) is 0 Å². The Balaban J connectivity index is 3.24. The van der Waals surface area contributed by atoms with Gasteiger partial charge in [-0.25, -0.2) is 0 Å². The quantitative estimate of drug-likeness (QED) is 0.135. The zero-order chi connectivity index (χ0) is 20.5. The highest BCUT2D eigenvalue weighted by Gasteiger charge is 2.05. The van der Waals surface area contributed by atoms with Crippen molar-refractivity contribution < 1.29 is 0 Å². The Kier molecular flexibility index (Phi) is 24.2. The highest BCUT2D eigenvalue weighted by molar-refractivity contribution is 4.98. The summed E-state index contributed by atoms with van der Waals surface area (Å²) < 4.78 is 0. The lowest BCUT2D eigenvalue weighted by Gasteiger charge is -2.14. The van der Waals surface area contributed by atoms with Gasteiger partial charge in [0.1, 0.15) is 0 Å². The first-order valence-corrected chi connectivity index (χ1v) is 12.9. The van der Waals surface area contributed by atoms with Crippen molar-refractivity contribution in [1.29, 1.82) is 0 Å². The molecular weight excluding hydrogens is 336 g/mol. The molecule has 0 rings (SSSR count). The Morgan fingerprint density at radius 3 is 1.43 bits per heavy atom. The van der Waals surface area contributed by atoms with Crippen LogP contribution in [0.4, 0.5) is 0 Å². The van der Waals surface area contributed by atoms with E-state index >= 15 is 0 Å². The van der Waals surface area contributed by atoms with Crippen molar-refractivity contribution in [2.45, 2.75) is 148 Å². The lowest BCUT2D eigenvalue weighted by atomic mass is 9.92. The summed E-state index contributed by atoms with van der Waals surface area (Å²) in [6.07, 6.45) is 29.4.